The second-order valence-corrected chi connectivity index (χ2v) is 6.66. The molecule has 0 aliphatic carbocycles. The van der Waals surface area contributed by atoms with E-state index in [0.717, 1.165) is 12.2 Å². The molecule has 2 N–H and O–H groups in total. The number of hydrogen-bond donors (Lipinski definition) is 2. The first-order chi connectivity index (χ1) is 9.09. The fourth-order valence-corrected chi connectivity index (χ4v) is 3.80. The van der Waals surface area contributed by atoms with Crippen molar-refractivity contribution in [1.29, 1.82) is 0 Å². The molecule has 0 saturated carbocycles. The second kappa shape index (κ2) is 6.61. The van der Waals surface area contributed by atoms with Crippen LogP contribution in [0.25, 0.3) is 0 Å². The van der Waals surface area contributed by atoms with Crippen LogP contribution < -0.4 is 5.32 Å². The SMILES string of the molecule is O=C(O)c1ccc(NCC2CCCCS2)c(F)c1Br. The zero-order valence-electron chi connectivity index (χ0n) is 10.3. The van der Waals surface area contributed by atoms with Crippen molar-refractivity contribution >= 4 is 39.3 Å². The summed E-state index contributed by atoms with van der Waals surface area (Å²) in [5.74, 6) is -0.517. The highest BCUT2D eigenvalue weighted by Crippen LogP contribution is 2.29. The number of carboxylic acid groups (broad SMARTS) is 1. The number of nitrogens with one attached hydrogen (secondary N) is 1. The quantitative estimate of drug-likeness (QED) is 0.864. The Labute approximate surface area is 124 Å². The van der Waals surface area contributed by atoms with Crippen LogP contribution in [0.3, 0.4) is 0 Å². The second-order valence-electron chi connectivity index (χ2n) is 4.46. The molecule has 19 heavy (non-hydrogen) atoms. The minimum Gasteiger partial charge on any atom is -0.478 e. The van der Waals surface area contributed by atoms with Crippen LogP contribution in [0.15, 0.2) is 16.6 Å². The van der Waals surface area contributed by atoms with Crippen LogP contribution >= 0.6 is 27.7 Å². The maximum atomic E-state index is 14.0. The molecule has 104 valence electrons. The molecule has 3 nitrogen and oxygen atoms in total. The Morgan fingerprint density at radius 1 is 1.53 bits per heavy atom. The third-order valence-corrected chi connectivity index (χ3v) is 5.28. The van der Waals surface area contributed by atoms with Crippen LogP contribution in [0.4, 0.5) is 10.1 Å². The van der Waals surface area contributed by atoms with Crippen LogP contribution in [0.2, 0.25) is 0 Å². The Bertz CT molecular complexity index is 478. The van der Waals surface area contributed by atoms with Gasteiger partial charge in [0.2, 0.25) is 0 Å². The number of rotatable bonds is 4. The zero-order chi connectivity index (χ0) is 13.8. The third-order valence-electron chi connectivity index (χ3n) is 3.11. The van der Waals surface area contributed by atoms with Crippen molar-refractivity contribution in [3.8, 4) is 0 Å². The lowest BCUT2D eigenvalue weighted by atomic mass is 10.1. The predicted octanol–water partition coefficient (Wildman–Crippen LogP) is 3.98. The van der Waals surface area contributed by atoms with Gasteiger partial charge in [-0.2, -0.15) is 11.8 Å². The van der Waals surface area contributed by atoms with Gasteiger partial charge in [0.1, 0.15) is 0 Å². The average Bonchev–Trinajstić information content (AvgIpc) is 2.41. The molecule has 1 aliphatic rings. The van der Waals surface area contributed by atoms with Crippen LogP contribution in [0, 0.1) is 5.82 Å². The summed E-state index contributed by atoms with van der Waals surface area (Å²) in [4.78, 5) is 10.9. The maximum Gasteiger partial charge on any atom is 0.336 e. The van der Waals surface area contributed by atoms with E-state index in [1.54, 1.807) is 0 Å². The Kier molecular flexibility index (Phi) is 5.10. The van der Waals surface area contributed by atoms with E-state index in [1.807, 2.05) is 11.8 Å². The van der Waals surface area contributed by atoms with E-state index in [9.17, 15) is 9.18 Å². The minimum absolute atomic E-state index is 0.00120. The molecule has 1 aromatic carbocycles. The number of thioether (sulfide) groups is 1. The first-order valence-electron chi connectivity index (χ1n) is 6.16. The first kappa shape index (κ1) is 14.7. The summed E-state index contributed by atoms with van der Waals surface area (Å²) in [7, 11) is 0. The van der Waals surface area contributed by atoms with Gasteiger partial charge in [-0.15, -0.1) is 0 Å². The van der Waals surface area contributed by atoms with E-state index in [1.165, 1.54) is 25.0 Å². The molecule has 1 heterocycles. The molecule has 1 fully saturated rings. The van der Waals surface area contributed by atoms with Gasteiger partial charge in [0.15, 0.2) is 5.82 Å². The van der Waals surface area contributed by atoms with Gasteiger partial charge in [-0.3, -0.25) is 0 Å². The summed E-state index contributed by atoms with van der Waals surface area (Å²) in [6, 6.07) is 2.89. The van der Waals surface area contributed by atoms with Crippen molar-refractivity contribution < 1.29 is 14.3 Å². The van der Waals surface area contributed by atoms with Crippen molar-refractivity contribution in [2.24, 2.45) is 0 Å². The lowest BCUT2D eigenvalue weighted by Crippen LogP contribution is -2.20. The molecular formula is C13H15BrFNO2S. The van der Waals surface area contributed by atoms with Crippen molar-refractivity contribution in [3.05, 3.63) is 28.0 Å². The molecule has 1 atom stereocenters. The van der Waals surface area contributed by atoms with Gasteiger partial charge in [-0.25, -0.2) is 9.18 Å². The summed E-state index contributed by atoms with van der Waals surface area (Å²) in [6.07, 6.45) is 3.63. The molecule has 1 unspecified atom stereocenters. The van der Waals surface area contributed by atoms with Crippen molar-refractivity contribution in [1.82, 2.24) is 0 Å². The van der Waals surface area contributed by atoms with Gasteiger partial charge in [0.05, 0.1) is 15.7 Å². The third kappa shape index (κ3) is 3.63. The highest BCUT2D eigenvalue weighted by molar-refractivity contribution is 9.10. The average molecular weight is 348 g/mol. The molecule has 1 aliphatic heterocycles. The molecule has 2 rings (SSSR count). The number of carbonyl (C=O) groups is 1. The van der Waals surface area contributed by atoms with E-state index in [0.29, 0.717) is 17.5 Å². The van der Waals surface area contributed by atoms with Gasteiger partial charge in [0, 0.05) is 11.8 Å². The van der Waals surface area contributed by atoms with Gasteiger partial charge in [0.25, 0.3) is 0 Å². The van der Waals surface area contributed by atoms with Gasteiger partial charge < -0.3 is 10.4 Å². The molecule has 0 radical (unpaired) electrons. The van der Waals surface area contributed by atoms with Crippen molar-refractivity contribution in [3.63, 3.8) is 0 Å². The number of halogens is 2. The Morgan fingerprint density at radius 2 is 2.32 bits per heavy atom. The summed E-state index contributed by atoms with van der Waals surface area (Å²) in [5, 5.41) is 12.5. The van der Waals surface area contributed by atoms with E-state index in [4.69, 9.17) is 5.11 Å². The van der Waals surface area contributed by atoms with Crippen LogP contribution in [-0.4, -0.2) is 28.6 Å². The maximum absolute atomic E-state index is 14.0. The smallest absolute Gasteiger partial charge is 0.336 e. The largest absolute Gasteiger partial charge is 0.478 e. The Balaban J connectivity index is 2.04. The molecule has 1 saturated heterocycles. The molecule has 1 aromatic rings. The summed E-state index contributed by atoms with van der Waals surface area (Å²) in [6.45, 7) is 0.709. The molecule has 0 bridgehead atoms. The zero-order valence-corrected chi connectivity index (χ0v) is 12.7. The lowest BCUT2D eigenvalue weighted by Gasteiger charge is -2.22. The Morgan fingerprint density at radius 3 is 2.95 bits per heavy atom. The standard InChI is InChI=1S/C13H15BrFNO2S/c14-11-9(13(17)18)4-5-10(12(11)15)16-7-8-3-1-2-6-19-8/h4-5,8,16H,1-3,6-7H2,(H,17,18). The molecular weight excluding hydrogens is 333 g/mol. The van der Waals surface area contributed by atoms with E-state index in [-0.39, 0.29) is 10.0 Å². The predicted molar refractivity (Wildman–Crippen MR) is 79.6 cm³/mol. The number of hydrogen-bond acceptors (Lipinski definition) is 3. The number of anilines is 1. The number of carboxylic acids is 1. The summed E-state index contributed by atoms with van der Waals surface area (Å²) >= 11 is 4.91. The molecule has 0 spiro atoms. The highest BCUT2D eigenvalue weighted by Gasteiger charge is 2.18. The first-order valence-corrected chi connectivity index (χ1v) is 8.00. The monoisotopic (exact) mass is 347 g/mol. The van der Waals surface area contributed by atoms with Gasteiger partial charge in [-0.05, 0) is 46.7 Å². The minimum atomic E-state index is -1.14. The van der Waals surface area contributed by atoms with E-state index < -0.39 is 11.8 Å². The lowest BCUT2D eigenvalue weighted by molar-refractivity contribution is 0.0695. The number of benzene rings is 1. The van der Waals surface area contributed by atoms with Crippen molar-refractivity contribution in [2.75, 3.05) is 17.6 Å². The summed E-state index contributed by atoms with van der Waals surface area (Å²) in [5.41, 5.74) is 0.290. The Hall–Kier alpha value is -0.750. The van der Waals surface area contributed by atoms with E-state index >= 15 is 0 Å². The molecule has 0 aromatic heterocycles. The van der Waals surface area contributed by atoms with Crippen LogP contribution in [0.5, 0.6) is 0 Å². The number of aromatic carboxylic acids is 1. The van der Waals surface area contributed by atoms with Crippen molar-refractivity contribution in [2.45, 2.75) is 24.5 Å². The van der Waals surface area contributed by atoms with Crippen LogP contribution in [0.1, 0.15) is 29.6 Å². The van der Waals surface area contributed by atoms with Gasteiger partial charge >= 0.3 is 5.97 Å². The fraction of sp³-hybridized carbons (Fsp3) is 0.462. The molecule has 6 heteroatoms. The normalized spacial score (nSPS) is 19.2. The fourth-order valence-electron chi connectivity index (χ4n) is 2.04. The highest BCUT2D eigenvalue weighted by atomic mass is 79.9. The van der Waals surface area contributed by atoms with Gasteiger partial charge in [-0.1, -0.05) is 6.42 Å². The molecule has 0 amide bonds. The topological polar surface area (TPSA) is 49.3 Å². The van der Waals surface area contributed by atoms with E-state index in [2.05, 4.69) is 21.2 Å². The summed E-state index contributed by atoms with van der Waals surface area (Å²) < 4.78 is 14.0. The van der Waals surface area contributed by atoms with Crippen LogP contribution in [-0.2, 0) is 0 Å².